The molecule has 0 saturated carbocycles. The van der Waals surface area contributed by atoms with Gasteiger partial charge in [-0.05, 0) is 30.3 Å². The molecule has 0 aliphatic rings. The zero-order valence-electron chi connectivity index (χ0n) is 10.8. The summed E-state index contributed by atoms with van der Waals surface area (Å²) in [6.07, 6.45) is -4.21. The van der Waals surface area contributed by atoms with E-state index in [-0.39, 0.29) is 16.9 Å². The van der Waals surface area contributed by atoms with Gasteiger partial charge in [-0.15, -0.1) is 0 Å². The Kier molecular flexibility index (Phi) is 4.13. The summed E-state index contributed by atoms with van der Waals surface area (Å²) in [5.41, 5.74) is -1.05. The molecule has 2 rings (SSSR count). The highest BCUT2D eigenvalue weighted by Crippen LogP contribution is 2.34. The number of nitriles is 1. The fraction of sp³-hybridized carbons (Fsp3) is 0.0667. The molecule has 2 aromatic rings. The molecule has 0 amide bonds. The van der Waals surface area contributed by atoms with Crippen LogP contribution in [0.5, 0.6) is 11.5 Å². The van der Waals surface area contributed by atoms with Gasteiger partial charge in [0.15, 0.2) is 0 Å². The highest BCUT2D eigenvalue weighted by atomic mass is 19.4. The molecule has 112 valence electrons. The molecule has 0 aliphatic carbocycles. The van der Waals surface area contributed by atoms with E-state index in [1.165, 1.54) is 18.2 Å². The maximum atomic E-state index is 13.3. The normalized spacial score (nSPS) is 10.9. The maximum absolute atomic E-state index is 13.3. The molecule has 0 bridgehead atoms. The van der Waals surface area contributed by atoms with Gasteiger partial charge in [0.05, 0.1) is 11.1 Å². The minimum atomic E-state index is -4.72. The van der Waals surface area contributed by atoms with E-state index in [1.54, 1.807) is 6.07 Å². The van der Waals surface area contributed by atoms with Crippen LogP contribution in [-0.4, -0.2) is 6.29 Å². The topological polar surface area (TPSA) is 50.1 Å². The van der Waals surface area contributed by atoms with Crippen LogP contribution >= 0.6 is 0 Å². The highest BCUT2D eigenvalue weighted by molar-refractivity contribution is 5.76. The number of benzene rings is 2. The van der Waals surface area contributed by atoms with Crippen LogP contribution < -0.4 is 4.74 Å². The standard InChI is InChI=1S/C15H7F4NO2/c16-12-4-11(15(17,18)19)5-13(6-12)22-14-2-1-9(8-21)3-10(14)7-20/h1-6,8H. The van der Waals surface area contributed by atoms with E-state index in [0.717, 1.165) is 6.07 Å². The fourth-order valence-electron chi connectivity index (χ4n) is 1.71. The molecule has 0 saturated heterocycles. The van der Waals surface area contributed by atoms with Crippen molar-refractivity contribution in [2.45, 2.75) is 6.18 Å². The predicted octanol–water partition coefficient (Wildman–Crippen LogP) is 4.32. The van der Waals surface area contributed by atoms with E-state index >= 15 is 0 Å². The Balaban J connectivity index is 2.42. The average Bonchev–Trinajstić information content (AvgIpc) is 2.46. The number of rotatable bonds is 3. The van der Waals surface area contributed by atoms with Gasteiger partial charge in [0, 0.05) is 11.6 Å². The van der Waals surface area contributed by atoms with E-state index < -0.39 is 23.3 Å². The highest BCUT2D eigenvalue weighted by Gasteiger charge is 2.31. The zero-order chi connectivity index (χ0) is 16.3. The molecule has 22 heavy (non-hydrogen) atoms. The van der Waals surface area contributed by atoms with Crippen molar-refractivity contribution in [2.75, 3.05) is 0 Å². The maximum Gasteiger partial charge on any atom is 0.416 e. The first-order chi connectivity index (χ1) is 10.3. The number of aldehydes is 1. The van der Waals surface area contributed by atoms with Crippen molar-refractivity contribution >= 4 is 6.29 Å². The molecule has 0 N–H and O–H groups in total. The lowest BCUT2D eigenvalue weighted by atomic mass is 10.1. The van der Waals surface area contributed by atoms with Crippen molar-refractivity contribution in [2.24, 2.45) is 0 Å². The molecule has 0 radical (unpaired) electrons. The van der Waals surface area contributed by atoms with Crippen LogP contribution in [-0.2, 0) is 6.18 Å². The summed E-state index contributed by atoms with van der Waals surface area (Å²) in [7, 11) is 0. The van der Waals surface area contributed by atoms with Crippen LogP contribution in [0.25, 0.3) is 0 Å². The SMILES string of the molecule is N#Cc1cc(C=O)ccc1Oc1cc(F)cc(C(F)(F)F)c1. The fourth-order valence-corrected chi connectivity index (χ4v) is 1.71. The molecule has 0 heterocycles. The molecule has 0 fully saturated rings. The lowest BCUT2D eigenvalue weighted by Crippen LogP contribution is -2.05. The molecule has 0 spiro atoms. The van der Waals surface area contributed by atoms with Gasteiger partial charge in [0.25, 0.3) is 0 Å². The Hall–Kier alpha value is -2.88. The molecular weight excluding hydrogens is 302 g/mol. The molecule has 0 aliphatic heterocycles. The zero-order valence-corrected chi connectivity index (χ0v) is 10.8. The Morgan fingerprint density at radius 1 is 1.14 bits per heavy atom. The van der Waals surface area contributed by atoms with Gasteiger partial charge in [-0.25, -0.2) is 4.39 Å². The van der Waals surface area contributed by atoms with Crippen molar-refractivity contribution in [1.29, 1.82) is 5.26 Å². The lowest BCUT2D eigenvalue weighted by Gasteiger charge is -2.11. The summed E-state index contributed by atoms with van der Waals surface area (Å²) in [5.74, 6) is -1.60. The molecular formula is C15H7F4NO2. The third-order valence-corrected chi connectivity index (χ3v) is 2.69. The Morgan fingerprint density at radius 3 is 2.45 bits per heavy atom. The summed E-state index contributed by atoms with van der Waals surface area (Å²) in [4.78, 5) is 10.6. The minimum Gasteiger partial charge on any atom is -0.456 e. The average molecular weight is 309 g/mol. The largest absolute Gasteiger partial charge is 0.456 e. The quantitative estimate of drug-likeness (QED) is 0.626. The number of carbonyl (C=O) groups excluding carboxylic acids is 1. The van der Waals surface area contributed by atoms with Crippen molar-refractivity contribution in [3.63, 3.8) is 0 Å². The van der Waals surface area contributed by atoms with E-state index in [1.807, 2.05) is 0 Å². The summed E-state index contributed by atoms with van der Waals surface area (Å²) >= 11 is 0. The van der Waals surface area contributed by atoms with Crippen molar-refractivity contribution in [1.82, 2.24) is 0 Å². The number of hydrogen-bond donors (Lipinski definition) is 0. The van der Waals surface area contributed by atoms with Gasteiger partial charge in [-0.1, -0.05) is 0 Å². The number of nitrogens with zero attached hydrogens (tertiary/aromatic N) is 1. The number of halogens is 4. The number of ether oxygens (including phenoxy) is 1. The molecule has 2 aromatic carbocycles. The van der Waals surface area contributed by atoms with Crippen molar-refractivity contribution in [3.05, 3.63) is 58.9 Å². The van der Waals surface area contributed by atoms with Gasteiger partial charge in [-0.3, -0.25) is 4.79 Å². The predicted molar refractivity (Wildman–Crippen MR) is 68.0 cm³/mol. The van der Waals surface area contributed by atoms with Crippen LogP contribution in [0.4, 0.5) is 17.6 Å². The van der Waals surface area contributed by atoms with Gasteiger partial charge in [0.1, 0.15) is 29.7 Å². The van der Waals surface area contributed by atoms with Gasteiger partial charge in [0.2, 0.25) is 0 Å². The lowest BCUT2D eigenvalue weighted by molar-refractivity contribution is -0.137. The molecule has 0 aromatic heterocycles. The van der Waals surface area contributed by atoms with Crippen LogP contribution in [0.1, 0.15) is 21.5 Å². The Bertz CT molecular complexity index is 763. The minimum absolute atomic E-state index is 0.0533. The van der Waals surface area contributed by atoms with Gasteiger partial charge >= 0.3 is 6.18 Å². The summed E-state index contributed by atoms with van der Waals surface area (Å²) < 4.78 is 56.3. The third kappa shape index (κ3) is 3.41. The van der Waals surface area contributed by atoms with Crippen molar-refractivity contribution in [3.8, 4) is 17.6 Å². The molecule has 7 heteroatoms. The third-order valence-electron chi connectivity index (χ3n) is 2.69. The van der Waals surface area contributed by atoms with Gasteiger partial charge in [-0.2, -0.15) is 18.4 Å². The van der Waals surface area contributed by atoms with E-state index in [4.69, 9.17) is 10.00 Å². The van der Waals surface area contributed by atoms with E-state index in [9.17, 15) is 22.4 Å². The molecule has 3 nitrogen and oxygen atoms in total. The molecule has 0 unspecified atom stereocenters. The Labute approximate surface area is 122 Å². The second-order valence-electron chi connectivity index (χ2n) is 4.26. The first-order valence-corrected chi connectivity index (χ1v) is 5.88. The summed E-state index contributed by atoms with van der Waals surface area (Å²) in [6, 6.07) is 7.27. The Morgan fingerprint density at radius 2 is 1.86 bits per heavy atom. The summed E-state index contributed by atoms with van der Waals surface area (Å²) in [5, 5.41) is 8.95. The van der Waals surface area contributed by atoms with Crippen LogP contribution in [0.2, 0.25) is 0 Å². The molecule has 0 atom stereocenters. The second-order valence-corrected chi connectivity index (χ2v) is 4.26. The smallest absolute Gasteiger partial charge is 0.416 e. The monoisotopic (exact) mass is 309 g/mol. The summed E-state index contributed by atoms with van der Waals surface area (Å²) in [6.45, 7) is 0. The number of alkyl halides is 3. The van der Waals surface area contributed by atoms with Crippen molar-refractivity contribution < 1.29 is 27.1 Å². The van der Waals surface area contributed by atoms with Crippen LogP contribution in [0, 0.1) is 17.1 Å². The van der Waals surface area contributed by atoms with E-state index in [0.29, 0.717) is 18.4 Å². The number of hydrogen-bond acceptors (Lipinski definition) is 3. The van der Waals surface area contributed by atoms with E-state index in [2.05, 4.69) is 0 Å². The number of carbonyl (C=O) groups is 1. The van der Waals surface area contributed by atoms with Crippen LogP contribution in [0.3, 0.4) is 0 Å². The van der Waals surface area contributed by atoms with Crippen LogP contribution in [0.15, 0.2) is 36.4 Å². The first kappa shape index (κ1) is 15.5. The van der Waals surface area contributed by atoms with Gasteiger partial charge < -0.3 is 4.74 Å². The second kappa shape index (κ2) is 5.85. The first-order valence-electron chi connectivity index (χ1n) is 5.88.